The third-order valence-electron chi connectivity index (χ3n) is 6.56. The Morgan fingerprint density at radius 1 is 1.24 bits per heavy atom. The number of sulfone groups is 1. The number of H-pyrrole nitrogens is 1. The van der Waals surface area contributed by atoms with E-state index in [1.165, 1.54) is 12.1 Å². The van der Waals surface area contributed by atoms with E-state index in [2.05, 4.69) is 25.5 Å². The zero-order valence-electron chi connectivity index (χ0n) is 21.2. The molecule has 0 aliphatic carbocycles. The number of hydrogen-bond acceptors (Lipinski definition) is 9. The van der Waals surface area contributed by atoms with Gasteiger partial charge < -0.3 is 14.4 Å². The second-order valence-electron chi connectivity index (χ2n) is 9.21. The highest BCUT2D eigenvalue weighted by Crippen LogP contribution is 2.27. The van der Waals surface area contributed by atoms with E-state index in [0.717, 1.165) is 36.9 Å². The molecule has 0 radical (unpaired) electrons. The molecule has 1 fully saturated rings. The van der Waals surface area contributed by atoms with Crippen LogP contribution in [0, 0.1) is 0 Å². The first-order valence-electron chi connectivity index (χ1n) is 12.0. The van der Waals surface area contributed by atoms with Gasteiger partial charge in [0, 0.05) is 40.0 Å². The lowest BCUT2D eigenvalue weighted by molar-refractivity contribution is -0.131. The predicted molar refractivity (Wildman–Crippen MR) is 136 cm³/mol. The van der Waals surface area contributed by atoms with Gasteiger partial charge in [0.1, 0.15) is 5.75 Å². The molecule has 2 heterocycles. The van der Waals surface area contributed by atoms with Gasteiger partial charge in [-0.15, -0.1) is 10.2 Å². The van der Waals surface area contributed by atoms with Crippen LogP contribution < -0.4 is 4.74 Å². The summed E-state index contributed by atoms with van der Waals surface area (Å²) >= 11 is 0. The van der Waals surface area contributed by atoms with Gasteiger partial charge in [-0.3, -0.25) is 9.69 Å². The summed E-state index contributed by atoms with van der Waals surface area (Å²) in [5.41, 5.74) is 1.69. The minimum atomic E-state index is -3.29. The summed E-state index contributed by atoms with van der Waals surface area (Å²) in [6.45, 7) is 2.50. The Balaban J connectivity index is 1.51. The number of hydrogen-bond donors (Lipinski definition) is 1. The number of carbonyl (C=O) groups is 1. The molecule has 2 aromatic carbocycles. The van der Waals surface area contributed by atoms with Crippen LogP contribution in [-0.4, -0.2) is 90.9 Å². The molecule has 0 spiro atoms. The van der Waals surface area contributed by atoms with Gasteiger partial charge in [0.15, 0.2) is 16.4 Å². The molecule has 1 saturated heterocycles. The zero-order chi connectivity index (χ0) is 26.4. The monoisotopic (exact) mass is 528 g/mol. The number of likely N-dealkylation sites (N-methyl/N-ethyl adjacent to an activating group) is 1. The fraction of sp³-hybridized carbons (Fsp3) is 0.440. The number of benzene rings is 2. The first kappa shape index (κ1) is 26.7. The van der Waals surface area contributed by atoms with Gasteiger partial charge in [-0.25, -0.2) is 8.42 Å². The number of amides is 1. The van der Waals surface area contributed by atoms with Crippen molar-refractivity contribution in [2.75, 3.05) is 40.0 Å². The smallest absolute Gasteiger partial charge is 0.227 e. The summed E-state index contributed by atoms with van der Waals surface area (Å²) in [6.07, 6.45) is 2.45. The number of methoxy groups -OCH3 is 1. The lowest BCUT2D eigenvalue weighted by Gasteiger charge is -2.32. The molecular formula is C25H32N6O5S. The van der Waals surface area contributed by atoms with Crippen molar-refractivity contribution >= 4 is 15.7 Å². The fourth-order valence-electron chi connectivity index (χ4n) is 4.38. The molecule has 1 aliphatic heterocycles. The van der Waals surface area contributed by atoms with Gasteiger partial charge >= 0.3 is 0 Å². The molecule has 0 bridgehead atoms. The van der Waals surface area contributed by atoms with Gasteiger partial charge in [0.25, 0.3) is 0 Å². The van der Waals surface area contributed by atoms with Crippen molar-refractivity contribution in [1.29, 1.82) is 0 Å². The molecule has 3 aromatic rings. The summed E-state index contributed by atoms with van der Waals surface area (Å²) in [5, 5.41) is 13.8. The van der Waals surface area contributed by atoms with Crippen molar-refractivity contribution in [3.8, 4) is 5.75 Å². The Bertz CT molecular complexity index is 1280. The highest BCUT2D eigenvalue weighted by Gasteiger charge is 2.29. The zero-order valence-corrected chi connectivity index (χ0v) is 22.0. The standard InChI is InChI=1S/C25H32N6O5S/c1-30(25(32)13-18-7-9-22(10-8-18)37(3,33)34)23(16-31-12-11-21(15-31)35-2)19-5-4-6-20(14-19)36-17-24-26-28-29-27-24/h4-10,14,21,23H,11-13,15-17H2,1-3H3,(H,26,27,28,29). The van der Waals surface area contributed by atoms with Crippen LogP contribution in [0.3, 0.4) is 0 Å². The van der Waals surface area contributed by atoms with Crippen molar-refractivity contribution in [2.24, 2.45) is 0 Å². The minimum Gasteiger partial charge on any atom is -0.485 e. The number of rotatable bonds is 11. The van der Waals surface area contributed by atoms with E-state index in [4.69, 9.17) is 9.47 Å². The van der Waals surface area contributed by atoms with Crippen molar-refractivity contribution in [3.05, 3.63) is 65.5 Å². The van der Waals surface area contributed by atoms with Gasteiger partial charge in [0.2, 0.25) is 11.7 Å². The lowest BCUT2D eigenvalue weighted by Crippen LogP contribution is -2.39. The SMILES string of the molecule is COC1CCN(CC(c2cccc(OCc3nn[nH]n3)c2)N(C)C(=O)Cc2ccc(S(C)(=O)=O)cc2)C1. The number of tetrazole rings is 1. The number of nitrogens with zero attached hydrogens (tertiary/aromatic N) is 5. The van der Waals surface area contributed by atoms with Crippen molar-refractivity contribution in [3.63, 3.8) is 0 Å². The van der Waals surface area contributed by atoms with Gasteiger partial charge in [0.05, 0.1) is 23.5 Å². The Labute approximate surface area is 216 Å². The molecule has 0 saturated carbocycles. The summed E-state index contributed by atoms with van der Waals surface area (Å²) in [5.74, 6) is 1.01. The van der Waals surface area contributed by atoms with Crippen LogP contribution in [0.25, 0.3) is 0 Å². The van der Waals surface area contributed by atoms with Crippen LogP contribution in [0.15, 0.2) is 53.4 Å². The average Bonchev–Trinajstić information content (AvgIpc) is 3.57. The Morgan fingerprint density at radius 2 is 2.03 bits per heavy atom. The maximum Gasteiger partial charge on any atom is 0.227 e. The summed E-state index contributed by atoms with van der Waals surface area (Å²) in [7, 11) is 0.230. The maximum atomic E-state index is 13.4. The topological polar surface area (TPSA) is 131 Å². The molecule has 37 heavy (non-hydrogen) atoms. The van der Waals surface area contributed by atoms with Crippen LogP contribution >= 0.6 is 0 Å². The maximum absolute atomic E-state index is 13.4. The number of aromatic nitrogens is 4. The van der Waals surface area contributed by atoms with E-state index in [1.807, 2.05) is 24.3 Å². The number of carbonyl (C=O) groups excluding carboxylic acids is 1. The quantitative estimate of drug-likeness (QED) is 0.395. The molecule has 198 valence electrons. The van der Waals surface area contributed by atoms with Crippen LogP contribution in [-0.2, 0) is 32.4 Å². The van der Waals surface area contributed by atoms with Crippen LogP contribution in [0.5, 0.6) is 5.75 Å². The predicted octanol–water partition coefficient (Wildman–Crippen LogP) is 1.65. The number of aromatic amines is 1. The van der Waals surface area contributed by atoms with Crippen molar-refractivity contribution in [1.82, 2.24) is 30.4 Å². The molecule has 2 atom stereocenters. The van der Waals surface area contributed by atoms with E-state index in [-0.39, 0.29) is 36.0 Å². The minimum absolute atomic E-state index is 0.0716. The van der Waals surface area contributed by atoms with Crippen LogP contribution in [0.4, 0.5) is 0 Å². The molecule has 12 heteroatoms. The second-order valence-corrected chi connectivity index (χ2v) is 11.2. The number of ether oxygens (including phenoxy) is 2. The third kappa shape index (κ3) is 7.12. The largest absolute Gasteiger partial charge is 0.485 e. The number of nitrogens with one attached hydrogen (secondary N) is 1. The molecule has 11 nitrogen and oxygen atoms in total. The van der Waals surface area contributed by atoms with E-state index in [1.54, 1.807) is 31.2 Å². The van der Waals surface area contributed by atoms with Crippen molar-refractivity contribution < 1.29 is 22.7 Å². The molecule has 4 rings (SSSR count). The van der Waals surface area contributed by atoms with Gasteiger partial charge in [-0.1, -0.05) is 29.5 Å². The van der Waals surface area contributed by atoms with Crippen molar-refractivity contribution in [2.45, 2.75) is 36.5 Å². The first-order chi connectivity index (χ1) is 17.7. The van der Waals surface area contributed by atoms with Gasteiger partial charge in [-0.2, -0.15) is 5.21 Å². The molecular weight excluding hydrogens is 496 g/mol. The Hall–Kier alpha value is -3.35. The second kappa shape index (κ2) is 11.8. The molecule has 1 amide bonds. The van der Waals surface area contributed by atoms with E-state index < -0.39 is 9.84 Å². The molecule has 1 aromatic heterocycles. The molecule has 1 aliphatic rings. The van der Waals surface area contributed by atoms with E-state index in [9.17, 15) is 13.2 Å². The lowest BCUT2D eigenvalue weighted by atomic mass is 10.0. The summed E-state index contributed by atoms with van der Waals surface area (Å²) in [6, 6.07) is 13.9. The average molecular weight is 529 g/mol. The molecule has 2 unspecified atom stereocenters. The normalized spacial score (nSPS) is 17.0. The highest BCUT2D eigenvalue weighted by molar-refractivity contribution is 7.90. The Morgan fingerprint density at radius 3 is 2.68 bits per heavy atom. The van der Waals surface area contributed by atoms with E-state index >= 15 is 0 Å². The highest BCUT2D eigenvalue weighted by atomic mass is 32.2. The van der Waals surface area contributed by atoms with Crippen LogP contribution in [0.1, 0.15) is 29.4 Å². The number of likely N-dealkylation sites (tertiary alicyclic amines) is 1. The third-order valence-corrected chi connectivity index (χ3v) is 7.69. The molecule has 1 N–H and O–H groups in total. The van der Waals surface area contributed by atoms with Gasteiger partial charge in [-0.05, 0) is 41.8 Å². The van der Waals surface area contributed by atoms with Crippen LogP contribution in [0.2, 0.25) is 0 Å². The fourth-order valence-corrected chi connectivity index (χ4v) is 5.01. The summed E-state index contributed by atoms with van der Waals surface area (Å²) < 4.78 is 34.9. The summed E-state index contributed by atoms with van der Waals surface area (Å²) in [4.78, 5) is 17.7. The van der Waals surface area contributed by atoms with E-state index in [0.29, 0.717) is 18.1 Å². The Kier molecular flexibility index (Phi) is 8.52. The first-order valence-corrected chi connectivity index (χ1v) is 13.9.